The van der Waals surface area contributed by atoms with E-state index in [9.17, 15) is 5.11 Å². The van der Waals surface area contributed by atoms with E-state index in [1.807, 2.05) is 12.1 Å². The number of rotatable bonds is 5. The fourth-order valence-corrected chi connectivity index (χ4v) is 1.43. The number of aliphatic hydroxyl groups is 1. The smallest absolute Gasteiger partial charge is 0.103 e. The molecule has 0 radical (unpaired) electrons. The van der Waals surface area contributed by atoms with E-state index in [1.165, 1.54) is 0 Å². The van der Waals surface area contributed by atoms with E-state index in [0.29, 0.717) is 5.92 Å². The minimum atomic E-state index is -0.190. The molecule has 0 aliphatic rings. The lowest BCUT2D eigenvalue weighted by Gasteiger charge is -2.11. The van der Waals surface area contributed by atoms with Gasteiger partial charge in [-0.25, -0.2) is 0 Å². The normalized spacial score (nSPS) is 13.5. The minimum absolute atomic E-state index is 0.190. The summed E-state index contributed by atoms with van der Waals surface area (Å²) < 4.78 is 5.18. The van der Waals surface area contributed by atoms with Crippen molar-refractivity contribution >= 4 is 0 Å². The first-order valence-corrected chi connectivity index (χ1v) is 4.89. The molecule has 0 aliphatic heterocycles. The first kappa shape index (κ1) is 10.3. The topological polar surface area (TPSA) is 33.4 Å². The number of hydrogen-bond donors (Lipinski definition) is 1. The SMILES string of the molecule is CC(C)CC(O)CCc1ccco1. The highest BCUT2D eigenvalue weighted by molar-refractivity contribution is 4.98. The second kappa shape index (κ2) is 5.07. The van der Waals surface area contributed by atoms with E-state index in [1.54, 1.807) is 6.26 Å². The Balaban J connectivity index is 2.19. The van der Waals surface area contributed by atoms with Crippen LogP contribution in [-0.4, -0.2) is 11.2 Å². The zero-order valence-corrected chi connectivity index (χ0v) is 8.36. The van der Waals surface area contributed by atoms with Crippen LogP contribution in [0.2, 0.25) is 0 Å². The van der Waals surface area contributed by atoms with E-state index < -0.39 is 0 Å². The van der Waals surface area contributed by atoms with Gasteiger partial charge in [-0.3, -0.25) is 0 Å². The van der Waals surface area contributed by atoms with Crippen LogP contribution in [0, 0.1) is 5.92 Å². The fourth-order valence-electron chi connectivity index (χ4n) is 1.43. The third-order valence-electron chi connectivity index (χ3n) is 2.05. The third-order valence-corrected chi connectivity index (χ3v) is 2.05. The summed E-state index contributed by atoms with van der Waals surface area (Å²) in [5.41, 5.74) is 0. The Morgan fingerprint density at radius 2 is 2.23 bits per heavy atom. The van der Waals surface area contributed by atoms with Crippen molar-refractivity contribution in [3.8, 4) is 0 Å². The van der Waals surface area contributed by atoms with Crippen molar-refractivity contribution in [2.45, 2.75) is 39.2 Å². The predicted molar refractivity (Wildman–Crippen MR) is 52.5 cm³/mol. The molecule has 0 saturated heterocycles. The van der Waals surface area contributed by atoms with Crippen molar-refractivity contribution in [3.63, 3.8) is 0 Å². The van der Waals surface area contributed by atoms with Gasteiger partial charge >= 0.3 is 0 Å². The predicted octanol–water partition coefficient (Wildman–Crippen LogP) is 2.62. The van der Waals surface area contributed by atoms with Crippen LogP contribution in [-0.2, 0) is 6.42 Å². The lowest BCUT2D eigenvalue weighted by Crippen LogP contribution is -2.10. The lowest BCUT2D eigenvalue weighted by atomic mass is 10.0. The molecule has 0 saturated carbocycles. The van der Waals surface area contributed by atoms with Gasteiger partial charge in [0.15, 0.2) is 0 Å². The van der Waals surface area contributed by atoms with Gasteiger partial charge in [-0.15, -0.1) is 0 Å². The van der Waals surface area contributed by atoms with Gasteiger partial charge in [0, 0.05) is 6.42 Å². The third kappa shape index (κ3) is 4.13. The number of aliphatic hydroxyl groups excluding tert-OH is 1. The average Bonchev–Trinajstić information content (AvgIpc) is 2.51. The summed E-state index contributed by atoms with van der Waals surface area (Å²) in [4.78, 5) is 0. The van der Waals surface area contributed by atoms with Crippen LogP contribution in [0.3, 0.4) is 0 Å². The van der Waals surface area contributed by atoms with Gasteiger partial charge in [-0.1, -0.05) is 13.8 Å². The summed E-state index contributed by atoms with van der Waals surface area (Å²) in [6, 6.07) is 3.83. The standard InChI is InChI=1S/C11H18O2/c1-9(2)8-10(12)5-6-11-4-3-7-13-11/h3-4,7,9-10,12H,5-6,8H2,1-2H3. The Morgan fingerprint density at radius 3 is 2.77 bits per heavy atom. The van der Waals surface area contributed by atoms with Crippen molar-refractivity contribution in [2.24, 2.45) is 5.92 Å². The molecule has 0 spiro atoms. The highest BCUT2D eigenvalue weighted by Crippen LogP contribution is 2.11. The van der Waals surface area contributed by atoms with E-state index in [2.05, 4.69) is 13.8 Å². The second-order valence-electron chi connectivity index (χ2n) is 3.90. The second-order valence-corrected chi connectivity index (χ2v) is 3.90. The van der Waals surface area contributed by atoms with E-state index in [-0.39, 0.29) is 6.10 Å². The molecule has 1 unspecified atom stereocenters. The largest absolute Gasteiger partial charge is 0.469 e. The van der Waals surface area contributed by atoms with Gasteiger partial charge in [0.2, 0.25) is 0 Å². The molecular weight excluding hydrogens is 164 g/mol. The van der Waals surface area contributed by atoms with Crippen LogP contribution >= 0.6 is 0 Å². The molecule has 1 aromatic heterocycles. The first-order chi connectivity index (χ1) is 6.18. The molecule has 2 nitrogen and oxygen atoms in total. The first-order valence-electron chi connectivity index (χ1n) is 4.89. The molecular formula is C11H18O2. The quantitative estimate of drug-likeness (QED) is 0.759. The number of hydrogen-bond acceptors (Lipinski definition) is 2. The van der Waals surface area contributed by atoms with Gasteiger partial charge in [0.1, 0.15) is 5.76 Å². The van der Waals surface area contributed by atoms with Crippen molar-refractivity contribution in [2.75, 3.05) is 0 Å². The van der Waals surface area contributed by atoms with Crippen molar-refractivity contribution in [1.82, 2.24) is 0 Å². The molecule has 2 heteroatoms. The lowest BCUT2D eigenvalue weighted by molar-refractivity contribution is 0.138. The Hall–Kier alpha value is -0.760. The van der Waals surface area contributed by atoms with Crippen molar-refractivity contribution < 1.29 is 9.52 Å². The molecule has 0 aliphatic carbocycles. The van der Waals surface area contributed by atoms with Gasteiger partial charge in [-0.2, -0.15) is 0 Å². The zero-order chi connectivity index (χ0) is 9.68. The minimum Gasteiger partial charge on any atom is -0.469 e. The summed E-state index contributed by atoms with van der Waals surface area (Å²) in [6.45, 7) is 4.24. The molecule has 1 aromatic rings. The van der Waals surface area contributed by atoms with Gasteiger partial charge < -0.3 is 9.52 Å². The molecule has 0 fully saturated rings. The summed E-state index contributed by atoms with van der Waals surface area (Å²) in [5.74, 6) is 1.52. The summed E-state index contributed by atoms with van der Waals surface area (Å²) in [7, 11) is 0. The highest BCUT2D eigenvalue weighted by atomic mass is 16.3. The van der Waals surface area contributed by atoms with E-state index >= 15 is 0 Å². The molecule has 0 aromatic carbocycles. The Kier molecular flexibility index (Phi) is 4.03. The average molecular weight is 182 g/mol. The molecule has 1 heterocycles. The molecule has 13 heavy (non-hydrogen) atoms. The monoisotopic (exact) mass is 182 g/mol. The van der Waals surface area contributed by atoms with Crippen LogP contribution in [0.15, 0.2) is 22.8 Å². The van der Waals surface area contributed by atoms with Crippen LogP contribution in [0.25, 0.3) is 0 Å². The van der Waals surface area contributed by atoms with E-state index in [4.69, 9.17) is 4.42 Å². The van der Waals surface area contributed by atoms with Crippen LogP contribution in [0.5, 0.6) is 0 Å². The van der Waals surface area contributed by atoms with Crippen molar-refractivity contribution in [3.05, 3.63) is 24.2 Å². The van der Waals surface area contributed by atoms with Gasteiger partial charge in [0.05, 0.1) is 12.4 Å². The summed E-state index contributed by atoms with van der Waals surface area (Å²) >= 11 is 0. The van der Waals surface area contributed by atoms with Crippen molar-refractivity contribution in [1.29, 1.82) is 0 Å². The molecule has 0 amide bonds. The maximum absolute atomic E-state index is 9.58. The Labute approximate surface area is 79.6 Å². The summed E-state index contributed by atoms with van der Waals surface area (Å²) in [6.07, 6.45) is 3.99. The van der Waals surface area contributed by atoms with Crippen LogP contribution < -0.4 is 0 Å². The molecule has 1 atom stereocenters. The van der Waals surface area contributed by atoms with Crippen LogP contribution in [0.1, 0.15) is 32.4 Å². The number of furan rings is 1. The zero-order valence-electron chi connectivity index (χ0n) is 8.36. The van der Waals surface area contributed by atoms with Gasteiger partial charge in [0.25, 0.3) is 0 Å². The fraction of sp³-hybridized carbons (Fsp3) is 0.636. The van der Waals surface area contributed by atoms with Crippen LogP contribution in [0.4, 0.5) is 0 Å². The highest BCUT2D eigenvalue weighted by Gasteiger charge is 2.07. The molecule has 0 bridgehead atoms. The summed E-state index contributed by atoms with van der Waals surface area (Å²) in [5, 5.41) is 9.58. The maximum atomic E-state index is 9.58. The molecule has 1 rings (SSSR count). The maximum Gasteiger partial charge on any atom is 0.103 e. The Morgan fingerprint density at radius 1 is 1.46 bits per heavy atom. The molecule has 74 valence electrons. The van der Waals surface area contributed by atoms with Gasteiger partial charge in [-0.05, 0) is 30.9 Å². The number of aryl methyl sites for hydroxylation is 1. The Bertz CT molecular complexity index is 214. The molecule has 1 N–H and O–H groups in total. The van der Waals surface area contributed by atoms with E-state index in [0.717, 1.165) is 25.0 Å².